The van der Waals surface area contributed by atoms with Gasteiger partial charge >= 0.3 is 5.97 Å². The monoisotopic (exact) mass is 383 g/mol. The van der Waals surface area contributed by atoms with Gasteiger partial charge in [0.15, 0.2) is 6.61 Å². The summed E-state index contributed by atoms with van der Waals surface area (Å²) in [5.41, 5.74) is 0.872. The number of carbonyl (C=O) groups excluding carboxylic acids is 2. The van der Waals surface area contributed by atoms with Gasteiger partial charge in [0, 0.05) is 19.2 Å². The third kappa shape index (κ3) is 5.10. The zero-order chi connectivity index (χ0) is 20.1. The summed E-state index contributed by atoms with van der Waals surface area (Å²) >= 11 is 0. The van der Waals surface area contributed by atoms with E-state index in [4.69, 9.17) is 14.2 Å². The number of ether oxygens (including phenoxy) is 3. The van der Waals surface area contributed by atoms with Gasteiger partial charge < -0.3 is 19.1 Å². The number of methoxy groups -OCH3 is 1. The first kappa shape index (κ1) is 19.9. The number of hydrogen-bond acceptors (Lipinski definition) is 5. The average Bonchev–Trinajstić information content (AvgIpc) is 2.69. The maximum absolute atomic E-state index is 12.2. The zero-order valence-corrected chi connectivity index (χ0v) is 16.4. The molecule has 0 aliphatic carbocycles. The van der Waals surface area contributed by atoms with E-state index < -0.39 is 5.97 Å². The van der Waals surface area contributed by atoms with E-state index in [-0.39, 0.29) is 24.7 Å². The van der Waals surface area contributed by atoms with Gasteiger partial charge in [-0.3, -0.25) is 4.79 Å². The van der Waals surface area contributed by atoms with Crippen LogP contribution in [0.4, 0.5) is 0 Å². The van der Waals surface area contributed by atoms with Crippen LogP contribution in [0.5, 0.6) is 5.75 Å². The molecule has 0 radical (unpaired) electrons. The summed E-state index contributed by atoms with van der Waals surface area (Å²) in [5, 5.41) is 2.10. The number of amides is 1. The topological polar surface area (TPSA) is 65.1 Å². The van der Waals surface area contributed by atoms with Crippen LogP contribution in [0.3, 0.4) is 0 Å². The third-order valence-electron chi connectivity index (χ3n) is 4.59. The second kappa shape index (κ2) is 8.89. The average molecular weight is 383 g/mol. The van der Waals surface area contributed by atoms with Crippen LogP contribution in [0.25, 0.3) is 16.8 Å². The van der Waals surface area contributed by atoms with E-state index in [0.29, 0.717) is 13.1 Å². The van der Waals surface area contributed by atoms with Crippen molar-refractivity contribution in [3.8, 4) is 5.75 Å². The number of nitrogens with zero attached hydrogens (tertiary/aromatic N) is 1. The number of rotatable bonds is 5. The number of esters is 1. The molecule has 6 nitrogen and oxygen atoms in total. The zero-order valence-electron chi connectivity index (χ0n) is 16.4. The van der Waals surface area contributed by atoms with Crippen molar-refractivity contribution >= 4 is 28.7 Å². The molecule has 1 aliphatic heterocycles. The summed E-state index contributed by atoms with van der Waals surface area (Å²) in [6.07, 6.45) is 2.98. The fourth-order valence-corrected chi connectivity index (χ4v) is 3.29. The Morgan fingerprint density at radius 2 is 1.79 bits per heavy atom. The van der Waals surface area contributed by atoms with Gasteiger partial charge in [0.25, 0.3) is 5.91 Å². The van der Waals surface area contributed by atoms with Crippen LogP contribution in [-0.2, 0) is 19.1 Å². The van der Waals surface area contributed by atoms with Crippen LogP contribution in [0, 0.1) is 0 Å². The highest BCUT2D eigenvalue weighted by Crippen LogP contribution is 2.22. The molecule has 0 N–H and O–H groups in total. The quantitative estimate of drug-likeness (QED) is 0.587. The molecule has 1 amide bonds. The molecule has 0 bridgehead atoms. The number of carbonyl (C=O) groups is 2. The van der Waals surface area contributed by atoms with Gasteiger partial charge in [-0.05, 0) is 54.5 Å². The number of hydrogen-bond donors (Lipinski definition) is 0. The molecule has 0 saturated carbocycles. The van der Waals surface area contributed by atoms with Crippen molar-refractivity contribution in [1.82, 2.24) is 4.90 Å². The van der Waals surface area contributed by atoms with E-state index in [1.165, 1.54) is 6.08 Å². The molecule has 1 aliphatic rings. The van der Waals surface area contributed by atoms with Crippen molar-refractivity contribution in [2.75, 3.05) is 26.8 Å². The van der Waals surface area contributed by atoms with Gasteiger partial charge in [0.05, 0.1) is 19.3 Å². The van der Waals surface area contributed by atoms with Crippen LogP contribution in [-0.4, -0.2) is 55.8 Å². The molecule has 1 saturated heterocycles. The molecule has 1 fully saturated rings. The molecule has 2 aromatic rings. The van der Waals surface area contributed by atoms with Gasteiger partial charge in [-0.1, -0.05) is 18.2 Å². The Morgan fingerprint density at radius 1 is 1.11 bits per heavy atom. The molecule has 1 heterocycles. The van der Waals surface area contributed by atoms with Crippen molar-refractivity contribution in [2.24, 2.45) is 0 Å². The molecule has 0 spiro atoms. The summed E-state index contributed by atoms with van der Waals surface area (Å²) < 4.78 is 15.9. The van der Waals surface area contributed by atoms with Crippen molar-refractivity contribution in [1.29, 1.82) is 0 Å². The molecule has 148 valence electrons. The van der Waals surface area contributed by atoms with Crippen LogP contribution in [0.2, 0.25) is 0 Å². The van der Waals surface area contributed by atoms with Crippen molar-refractivity contribution in [3.05, 3.63) is 48.0 Å². The Bertz CT molecular complexity index is 882. The Kier molecular flexibility index (Phi) is 6.31. The Labute approximate surface area is 164 Å². The third-order valence-corrected chi connectivity index (χ3v) is 4.59. The molecule has 6 heteroatoms. The van der Waals surface area contributed by atoms with Crippen LogP contribution < -0.4 is 4.74 Å². The lowest BCUT2D eigenvalue weighted by Crippen LogP contribution is -2.49. The highest BCUT2D eigenvalue weighted by Gasteiger charge is 2.26. The van der Waals surface area contributed by atoms with Crippen LogP contribution >= 0.6 is 0 Å². The molecule has 2 atom stereocenters. The smallest absolute Gasteiger partial charge is 0.331 e. The minimum Gasteiger partial charge on any atom is -0.497 e. The summed E-state index contributed by atoms with van der Waals surface area (Å²) in [6.45, 7) is 4.60. The lowest BCUT2D eigenvalue weighted by atomic mass is 10.1. The number of benzene rings is 2. The molecular formula is C22H25NO5. The Hall–Kier alpha value is -2.86. The van der Waals surface area contributed by atoms with Gasteiger partial charge in [-0.15, -0.1) is 0 Å². The van der Waals surface area contributed by atoms with E-state index in [1.807, 2.05) is 50.2 Å². The van der Waals surface area contributed by atoms with Crippen LogP contribution in [0.1, 0.15) is 19.4 Å². The normalized spacial score (nSPS) is 19.8. The van der Waals surface area contributed by atoms with E-state index in [0.717, 1.165) is 22.1 Å². The van der Waals surface area contributed by atoms with Gasteiger partial charge in [0.1, 0.15) is 5.75 Å². The number of morpholine rings is 1. The second-order valence-electron chi connectivity index (χ2n) is 6.97. The lowest BCUT2D eigenvalue weighted by molar-refractivity contribution is -0.154. The summed E-state index contributed by atoms with van der Waals surface area (Å²) in [7, 11) is 1.63. The minimum atomic E-state index is -0.544. The maximum atomic E-state index is 12.2. The van der Waals surface area contributed by atoms with Crippen LogP contribution in [0.15, 0.2) is 42.5 Å². The Morgan fingerprint density at radius 3 is 2.50 bits per heavy atom. The highest BCUT2D eigenvalue weighted by molar-refractivity contribution is 5.91. The molecule has 2 aromatic carbocycles. The summed E-state index contributed by atoms with van der Waals surface area (Å²) in [4.78, 5) is 25.9. The van der Waals surface area contributed by atoms with Gasteiger partial charge in [0.2, 0.25) is 0 Å². The van der Waals surface area contributed by atoms with E-state index in [2.05, 4.69) is 0 Å². The number of fused-ring (bicyclic) bond motifs is 1. The highest BCUT2D eigenvalue weighted by atomic mass is 16.5. The fraction of sp³-hybridized carbons (Fsp3) is 0.364. The van der Waals surface area contributed by atoms with Gasteiger partial charge in [-0.25, -0.2) is 4.79 Å². The maximum Gasteiger partial charge on any atom is 0.331 e. The second-order valence-corrected chi connectivity index (χ2v) is 6.97. The van der Waals surface area contributed by atoms with Crippen molar-refractivity contribution in [2.45, 2.75) is 26.1 Å². The van der Waals surface area contributed by atoms with E-state index >= 15 is 0 Å². The first-order valence-electron chi connectivity index (χ1n) is 9.30. The summed E-state index contributed by atoms with van der Waals surface area (Å²) in [5.74, 6) is 0.0500. The minimum absolute atomic E-state index is 0.0174. The predicted molar refractivity (Wildman–Crippen MR) is 107 cm³/mol. The Balaban J connectivity index is 1.55. The molecule has 0 aromatic heterocycles. The van der Waals surface area contributed by atoms with E-state index in [9.17, 15) is 9.59 Å². The predicted octanol–water partition coefficient (Wildman–Crippen LogP) is 3.04. The molecule has 3 rings (SSSR count). The largest absolute Gasteiger partial charge is 0.497 e. The lowest BCUT2D eigenvalue weighted by Gasteiger charge is -2.35. The SMILES string of the molecule is COc1ccc2cc(/C=C/C(=O)OCC(=O)N3C[C@@H](C)O[C@H](C)C3)ccc2c1. The first-order valence-corrected chi connectivity index (χ1v) is 9.30. The molecule has 28 heavy (non-hydrogen) atoms. The fourth-order valence-electron chi connectivity index (χ4n) is 3.29. The molecular weight excluding hydrogens is 358 g/mol. The van der Waals surface area contributed by atoms with E-state index in [1.54, 1.807) is 18.1 Å². The summed E-state index contributed by atoms with van der Waals surface area (Å²) in [6, 6.07) is 11.7. The first-order chi connectivity index (χ1) is 13.4. The van der Waals surface area contributed by atoms with Crippen molar-refractivity contribution in [3.63, 3.8) is 0 Å². The standard InChI is InChI=1S/C22H25NO5/c1-15-12-23(13-16(2)28-15)21(24)14-27-22(25)9-5-17-4-6-19-11-20(26-3)8-7-18(19)10-17/h4-11,15-16H,12-14H2,1-3H3/b9-5+/t15-,16-/m1/s1. The van der Waals surface area contributed by atoms with Gasteiger partial charge in [-0.2, -0.15) is 0 Å². The molecule has 0 unspecified atom stereocenters. The van der Waals surface area contributed by atoms with Crippen molar-refractivity contribution < 1.29 is 23.8 Å².